The van der Waals surface area contributed by atoms with Crippen molar-refractivity contribution in [1.29, 1.82) is 5.41 Å². The first kappa shape index (κ1) is 49.9. The summed E-state index contributed by atoms with van der Waals surface area (Å²) in [6.45, 7) is 17.9. The molecule has 0 radical (unpaired) electrons. The van der Waals surface area contributed by atoms with E-state index in [1.165, 1.54) is 15.7 Å². The quantitative estimate of drug-likeness (QED) is 0.0949. The highest BCUT2D eigenvalue weighted by Crippen LogP contribution is 2.38. The summed E-state index contributed by atoms with van der Waals surface area (Å²) in [5.41, 5.74) is 17.2. The van der Waals surface area contributed by atoms with E-state index >= 15 is 0 Å². The maximum atomic E-state index is 8.89. The molecule has 0 unspecified atom stereocenters. The van der Waals surface area contributed by atoms with Gasteiger partial charge in [0.05, 0.1) is 27.9 Å². The summed E-state index contributed by atoms with van der Waals surface area (Å²) in [5.74, 6) is 1.43. The third-order valence-corrected chi connectivity index (χ3v) is 13.0. The molecule has 3 heterocycles. The zero-order chi connectivity index (χ0) is 50.4. The number of rotatable bonds is 7. The Morgan fingerprint density at radius 3 is 1.79 bits per heavy atom. The average Bonchev–Trinajstić information content (AvgIpc) is 3.97. The highest BCUT2D eigenvalue weighted by atomic mass is 32.2. The van der Waals surface area contributed by atoms with Crippen LogP contribution in [0.1, 0.15) is 56.9 Å². The van der Waals surface area contributed by atoms with E-state index in [-0.39, 0.29) is 5.84 Å². The molecule has 0 atom stereocenters. The van der Waals surface area contributed by atoms with Gasteiger partial charge < -0.3 is 4.57 Å². The number of aliphatic imine (C=N–C) groups is 2. The molecule has 11 rings (SSSR count). The Morgan fingerprint density at radius 2 is 1.14 bits per heavy atom. The second kappa shape index (κ2) is 23.9. The van der Waals surface area contributed by atoms with Gasteiger partial charge in [-0.1, -0.05) is 199 Å². The monoisotopic (exact) mass is 956 g/mol. The minimum absolute atomic E-state index is 0.185. The number of thioether (sulfide) groups is 1. The number of nitrogens with one attached hydrogen (secondary N) is 2. The number of para-hydroxylation sites is 2. The first-order valence-corrected chi connectivity index (χ1v) is 25.6. The van der Waals surface area contributed by atoms with Crippen LogP contribution in [0.3, 0.4) is 0 Å². The van der Waals surface area contributed by atoms with Gasteiger partial charge in [-0.3, -0.25) is 20.5 Å². The number of nitrogens with zero attached hydrogens (tertiary/aromatic N) is 4. The van der Waals surface area contributed by atoms with Gasteiger partial charge in [0, 0.05) is 55.0 Å². The SMILES string of the molecule is C=C/C=C\C.C=C1/C=C(c2ccc(-n3c4ccccc4c4cc(-c5ccc6c(c5)c5ccccc5n6NC(=NC(=N)c5ccccc5)c5ccccc5)ccc43)cc2)\C=N/CSc2ccccc21.CC.CC. The van der Waals surface area contributed by atoms with E-state index in [4.69, 9.17) is 15.4 Å². The summed E-state index contributed by atoms with van der Waals surface area (Å²) in [5, 5.41) is 13.5. The van der Waals surface area contributed by atoms with Crippen LogP contribution in [0.2, 0.25) is 0 Å². The fourth-order valence-electron chi connectivity index (χ4n) is 8.83. The molecule has 356 valence electrons. The summed E-state index contributed by atoms with van der Waals surface area (Å²) in [7, 11) is 0. The third kappa shape index (κ3) is 10.6. The molecule has 0 bridgehead atoms. The molecule has 7 heteroatoms. The van der Waals surface area contributed by atoms with Crippen molar-refractivity contribution in [3.8, 4) is 16.8 Å². The van der Waals surface area contributed by atoms with Crippen LogP contribution in [0.15, 0.2) is 246 Å². The van der Waals surface area contributed by atoms with E-state index in [2.05, 4.69) is 167 Å². The molecule has 8 aromatic carbocycles. The van der Waals surface area contributed by atoms with Crippen molar-refractivity contribution in [2.75, 3.05) is 11.3 Å². The Kier molecular flexibility index (Phi) is 16.5. The molecule has 72 heavy (non-hydrogen) atoms. The normalized spacial score (nSPS) is 13.5. The largest absolute Gasteiger partial charge is 0.309 e. The van der Waals surface area contributed by atoms with Crippen LogP contribution in [-0.4, -0.2) is 33.0 Å². The molecule has 1 aliphatic heterocycles. The van der Waals surface area contributed by atoms with Crippen molar-refractivity contribution in [2.45, 2.75) is 39.5 Å². The van der Waals surface area contributed by atoms with Gasteiger partial charge in [-0.15, -0.1) is 11.8 Å². The highest BCUT2D eigenvalue weighted by Gasteiger charge is 2.18. The number of hydrogen-bond donors (Lipinski definition) is 2. The van der Waals surface area contributed by atoms with Crippen LogP contribution < -0.4 is 5.43 Å². The fourth-order valence-corrected chi connectivity index (χ4v) is 9.65. The van der Waals surface area contributed by atoms with E-state index in [1.54, 1.807) is 17.8 Å². The molecular weight excluding hydrogens is 897 g/mol. The summed E-state index contributed by atoms with van der Waals surface area (Å²) in [6.07, 6.45) is 9.70. The lowest BCUT2D eigenvalue weighted by Gasteiger charge is -2.15. The van der Waals surface area contributed by atoms with Crippen LogP contribution >= 0.6 is 11.8 Å². The summed E-state index contributed by atoms with van der Waals surface area (Å²) < 4.78 is 4.46. The molecule has 0 amide bonds. The van der Waals surface area contributed by atoms with Crippen molar-refractivity contribution in [3.05, 3.63) is 254 Å². The van der Waals surface area contributed by atoms with Gasteiger partial charge >= 0.3 is 0 Å². The Bertz CT molecular complexity index is 3650. The van der Waals surface area contributed by atoms with Crippen molar-refractivity contribution >= 4 is 84.4 Å². The van der Waals surface area contributed by atoms with Crippen LogP contribution in [0.5, 0.6) is 0 Å². The molecule has 1 aliphatic rings. The van der Waals surface area contributed by atoms with Crippen LogP contribution in [-0.2, 0) is 0 Å². The van der Waals surface area contributed by atoms with Crippen LogP contribution in [0, 0.1) is 5.41 Å². The van der Waals surface area contributed by atoms with E-state index in [1.807, 2.05) is 114 Å². The van der Waals surface area contributed by atoms with Gasteiger partial charge in [0.15, 0.2) is 11.7 Å². The highest BCUT2D eigenvalue weighted by molar-refractivity contribution is 7.99. The Labute approximate surface area is 428 Å². The summed E-state index contributed by atoms with van der Waals surface area (Å²) in [6, 6.07) is 67.4. The molecule has 0 saturated heterocycles. The number of hydrogen-bond acceptors (Lipinski definition) is 3. The molecule has 2 aromatic heterocycles. The van der Waals surface area contributed by atoms with Crippen molar-refractivity contribution in [1.82, 2.24) is 9.24 Å². The Hall–Kier alpha value is -8.52. The zero-order valence-corrected chi connectivity index (χ0v) is 42.5. The maximum Gasteiger partial charge on any atom is 0.154 e. The number of aromatic nitrogens is 2. The van der Waals surface area contributed by atoms with Gasteiger partial charge in [0.25, 0.3) is 0 Å². The smallest absolute Gasteiger partial charge is 0.154 e. The fraction of sp³-hybridized carbons (Fsp3) is 0.0923. The predicted molar refractivity (Wildman–Crippen MR) is 315 cm³/mol. The standard InChI is InChI=1S/C56H40N6S.C5H8.2C2H6/c1-37-32-43(35-58-36-63-54-23-13-10-18-45(37)54)38-24-28-44(29-25-38)61-50-21-11-8-19-46(50)48-33-41(26-30-51(48)61)42-27-31-53-49(34-42)47-20-9-12-22-52(47)62(53)60-56(40-16-6-3-7-17-40)59-55(57)39-14-4-2-5-15-39;1-3-5-4-2;2*1-2/h2-35H,1,36H2,(H2,57,59,60);3-5H,1H2,2H3;2*1-2H3/b43-32+,58-35-;5-4-;;. The molecule has 0 aliphatic carbocycles. The second-order valence-corrected chi connectivity index (χ2v) is 17.3. The van der Waals surface area contributed by atoms with Crippen molar-refractivity contribution in [3.63, 3.8) is 0 Å². The van der Waals surface area contributed by atoms with E-state index in [0.717, 1.165) is 83.1 Å². The minimum atomic E-state index is 0.185. The number of amidine groups is 2. The van der Waals surface area contributed by atoms with Crippen molar-refractivity contribution in [2.24, 2.45) is 9.98 Å². The minimum Gasteiger partial charge on any atom is -0.309 e. The van der Waals surface area contributed by atoms with Crippen molar-refractivity contribution < 1.29 is 0 Å². The maximum absolute atomic E-state index is 8.89. The average molecular weight is 957 g/mol. The number of allylic oxidation sites excluding steroid dienone is 6. The lowest BCUT2D eigenvalue weighted by molar-refractivity contribution is 1.08. The number of benzene rings is 8. The lowest BCUT2D eigenvalue weighted by Crippen LogP contribution is -2.25. The predicted octanol–water partition coefficient (Wildman–Crippen LogP) is 17.6. The first-order chi connectivity index (χ1) is 35.5. The Morgan fingerprint density at radius 1 is 0.611 bits per heavy atom. The molecule has 0 spiro atoms. The summed E-state index contributed by atoms with van der Waals surface area (Å²) >= 11 is 1.73. The molecule has 0 fully saturated rings. The van der Waals surface area contributed by atoms with Crippen LogP contribution in [0.25, 0.3) is 71.6 Å². The molecule has 10 aromatic rings. The van der Waals surface area contributed by atoms with Gasteiger partial charge in [-0.2, -0.15) is 0 Å². The molecular formula is C65H60N6S. The number of fused-ring (bicyclic) bond motifs is 7. The van der Waals surface area contributed by atoms with Gasteiger partial charge in [0.1, 0.15) is 0 Å². The molecule has 6 nitrogen and oxygen atoms in total. The van der Waals surface area contributed by atoms with E-state index in [0.29, 0.717) is 11.7 Å². The van der Waals surface area contributed by atoms with Crippen LogP contribution in [0.4, 0.5) is 0 Å². The molecule has 2 N–H and O–H groups in total. The molecule has 0 saturated carbocycles. The topological polar surface area (TPSA) is 70.5 Å². The van der Waals surface area contributed by atoms with Gasteiger partial charge in [-0.05, 0) is 95.4 Å². The zero-order valence-electron chi connectivity index (χ0n) is 41.7. The summed E-state index contributed by atoms with van der Waals surface area (Å²) in [4.78, 5) is 10.8. The third-order valence-electron chi connectivity index (χ3n) is 12.1. The van der Waals surface area contributed by atoms with Gasteiger partial charge in [-0.25, -0.2) is 4.99 Å². The lowest BCUT2D eigenvalue weighted by atomic mass is 10.00. The van der Waals surface area contributed by atoms with E-state index in [9.17, 15) is 0 Å². The van der Waals surface area contributed by atoms with Gasteiger partial charge in [0.2, 0.25) is 0 Å². The Balaban J connectivity index is 0.000000720. The van der Waals surface area contributed by atoms with E-state index < -0.39 is 0 Å². The second-order valence-electron chi connectivity index (χ2n) is 16.3. The first-order valence-electron chi connectivity index (χ1n) is 24.6.